The molecule has 1 N–H and O–H groups in total. The van der Waals surface area contributed by atoms with Crippen molar-refractivity contribution in [2.45, 2.75) is 13.0 Å². The number of phenols is 1. The van der Waals surface area contributed by atoms with Crippen LogP contribution in [0.1, 0.15) is 11.1 Å². The maximum absolute atomic E-state index is 9.80. The van der Waals surface area contributed by atoms with Gasteiger partial charge in [0.05, 0.1) is 0 Å². The van der Waals surface area contributed by atoms with Gasteiger partial charge in [0.25, 0.3) is 0 Å². The van der Waals surface area contributed by atoms with Crippen molar-refractivity contribution in [3.63, 3.8) is 0 Å². The number of benzene rings is 1. The second-order valence-corrected chi connectivity index (χ2v) is 4.18. The molecule has 1 aliphatic heterocycles. The minimum Gasteiger partial charge on any atom is -0.504 e. The lowest BCUT2D eigenvalue weighted by Gasteiger charge is -2.25. The molecule has 0 saturated carbocycles. The van der Waals surface area contributed by atoms with E-state index < -0.39 is 0 Å². The standard InChI is InChI=1S/C13H17NO2/c1-3-6-16-13-8-10-4-5-14(2)9-11(10)7-12(13)15/h3,7-8,15H,1,4-6,9H2,2H3. The number of likely N-dealkylation sites (N-methyl/N-ethyl adjacent to an activating group) is 1. The van der Waals surface area contributed by atoms with E-state index in [0.717, 1.165) is 19.5 Å². The van der Waals surface area contributed by atoms with Gasteiger partial charge >= 0.3 is 0 Å². The number of aromatic hydroxyl groups is 1. The zero-order chi connectivity index (χ0) is 11.5. The maximum Gasteiger partial charge on any atom is 0.161 e. The van der Waals surface area contributed by atoms with Crippen molar-refractivity contribution in [3.05, 3.63) is 35.9 Å². The van der Waals surface area contributed by atoms with E-state index >= 15 is 0 Å². The summed E-state index contributed by atoms with van der Waals surface area (Å²) in [7, 11) is 2.09. The number of nitrogens with zero attached hydrogens (tertiary/aromatic N) is 1. The predicted octanol–water partition coefficient (Wildman–Crippen LogP) is 1.94. The molecular weight excluding hydrogens is 202 g/mol. The third-order valence-corrected chi connectivity index (χ3v) is 2.84. The first-order valence-electron chi connectivity index (χ1n) is 5.47. The summed E-state index contributed by atoms with van der Waals surface area (Å²) in [6.45, 7) is 5.96. The molecule has 0 atom stereocenters. The van der Waals surface area contributed by atoms with E-state index in [1.54, 1.807) is 6.08 Å². The van der Waals surface area contributed by atoms with Crippen molar-refractivity contribution >= 4 is 0 Å². The summed E-state index contributed by atoms with van der Waals surface area (Å²) < 4.78 is 5.40. The van der Waals surface area contributed by atoms with E-state index in [1.165, 1.54) is 11.1 Å². The molecule has 0 unspecified atom stereocenters. The van der Waals surface area contributed by atoms with Crippen molar-refractivity contribution in [2.24, 2.45) is 0 Å². The third-order valence-electron chi connectivity index (χ3n) is 2.84. The Morgan fingerprint density at radius 3 is 3.06 bits per heavy atom. The van der Waals surface area contributed by atoms with E-state index in [0.29, 0.717) is 12.4 Å². The van der Waals surface area contributed by atoms with Gasteiger partial charge in [-0.1, -0.05) is 12.7 Å². The molecule has 3 heteroatoms. The Bertz CT molecular complexity index is 401. The largest absolute Gasteiger partial charge is 0.504 e. The minimum atomic E-state index is 0.218. The summed E-state index contributed by atoms with van der Waals surface area (Å²) in [5.41, 5.74) is 2.46. The summed E-state index contributed by atoms with van der Waals surface area (Å²) in [6.07, 6.45) is 2.68. The Morgan fingerprint density at radius 2 is 2.31 bits per heavy atom. The SMILES string of the molecule is C=CCOc1cc2c(cc1O)CN(C)CC2. The summed E-state index contributed by atoms with van der Waals surface area (Å²) in [5, 5.41) is 9.80. The van der Waals surface area contributed by atoms with Crippen molar-refractivity contribution in [3.8, 4) is 11.5 Å². The van der Waals surface area contributed by atoms with Gasteiger partial charge in [-0.15, -0.1) is 0 Å². The third kappa shape index (κ3) is 2.19. The highest BCUT2D eigenvalue weighted by atomic mass is 16.5. The molecule has 86 valence electrons. The van der Waals surface area contributed by atoms with Gasteiger partial charge in [-0.3, -0.25) is 0 Å². The van der Waals surface area contributed by atoms with Crippen molar-refractivity contribution in [1.82, 2.24) is 4.90 Å². The Balaban J connectivity index is 2.26. The number of fused-ring (bicyclic) bond motifs is 1. The van der Waals surface area contributed by atoms with Crippen molar-refractivity contribution in [2.75, 3.05) is 20.2 Å². The molecule has 0 amide bonds. The Hall–Kier alpha value is -1.48. The van der Waals surface area contributed by atoms with Gasteiger partial charge in [-0.2, -0.15) is 0 Å². The fraction of sp³-hybridized carbons (Fsp3) is 0.385. The van der Waals surface area contributed by atoms with E-state index in [4.69, 9.17) is 4.74 Å². The highest BCUT2D eigenvalue weighted by Gasteiger charge is 2.16. The summed E-state index contributed by atoms with van der Waals surface area (Å²) in [6, 6.07) is 3.75. The lowest BCUT2D eigenvalue weighted by atomic mass is 9.99. The first-order valence-corrected chi connectivity index (χ1v) is 5.47. The van der Waals surface area contributed by atoms with E-state index in [2.05, 4.69) is 18.5 Å². The van der Waals surface area contributed by atoms with Crippen LogP contribution in [0, 0.1) is 0 Å². The lowest BCUT2D eigenvalue weighted by molar-refractivity contribution is 0.306. The van der Waals surface area contributed by atoms with Crippen LogP contribution < -0.4 is 4.74 Å². The highest BCUT2D eigenvalue weighted by molar-refractivity contribution is 5.47. The smallest absolute Gasteiger partial charge is 0.161 e. The molecule has 0 spiro atoms. The molecule has 1 aromatic carbocycles. The van der Waals surface area contributed by atoms with E-state index in [-0.39, 0.29) is 5.75 Å². The number of ether oxygens (including phenoxy) is 1. The second-order valence-electron chi connectivity index (χ2n) is 4.18. The molecule has 0 fully saturated rings. The van der Waals surface area contributed by atoms with Crippen LogP contribution in [-0.4, -0.2) is 30.2 Å². The first kappa shape index (κ1) is 11.0. The van der Waals surface area contributed by atoms with Gasteiger partial charge in [0.2, 0.25) is 0 Å². The van der Waals surface area contributed by atoms with Gasteiger partial charge in [-0.25, -0.2) is 0 Å². The van der Waals surface area contributed by atoms with Gasteiger partial charge in [0.15, 0.2) is 11.5 Å². The average molecular weight is 219 g/mol. The molecule has 0 saturated heterocycles. The molecule has 0 radical (unpaired) electrons. The van der Waals surface area contributed by atoms with Gasteiger partial charge in [0.1, 0.15) is 6.61 Å². The molecule has 0 aliphatic carbocycles. The monoisotopic (exact) mass is 219 g/mol. The lowest BCUT2D eigenvalue weighted by Crippen LogP contribution is -2.26. The summed E-state index contributed by atoms with van der Waals surface area (Å²) in [4.78, 5) is 2.24. The Kier molecular flexibility index (Phi) is 3.15. The molecule has 1 aliphatic rings. The van der Waals surface area contributed by atoms with Crippen LogP contribution in [0.5, 0.6) is 11.5 Å². The van der Waals surface area contributed by atoms with Crippen molar-refractivity contribution < 1.29 is 9.84 Å². The fourth-order valence-corrected chi connectivity index (χ4v) is 1.98. The topological polar surface area (TPSA) is 32.7 Å². The normalized spacial score (nSPS) is 15.6. The van der Waals surface area contributed by atoms with E-state index in [1.807, 2.05) is 12.1 Å². The zero-order valence-corrected chi connectivity index (χ0v) is 9.57. The van der Waals surface area contributed by atoms with Crippen LogP contribution >= 0.6 is 0 Å². The second kappa shape index (κ2) is 4.58. The first-order chi connectivity index (χ1) is 7.70. The molecule has 0 bridgehead atoms. The summed E-state index contributed by atoms with van der Waals surface area (Å²) in [5.74, 6) is 0.777. The maximum atomic E-state index is 9.80. The molecule has 16 heavy (non-hydrogen) atoms. The van der Waals surface area contributed by atoms with Gasteiger partial charge in [-0.05, 0) is 36.7 Å². The summed E-state index contributed by atoms with van der Waals surface area (Å²) >= 11 is 0. The van der Waals surface area contributed by atoms with E-state index in [9.17, 15) is 5.11 Å². The molecule has 1 aromatic rings. The Morgan fingerprint density at radius 1 is 1.50 bits per heavy atom. The number of hydrogen-bond acceptors (Lipinski definition) is 3. The molecule has 1 heterocycles. The molecule has 2 rings (SSSR count). The van der Waals surface area contributed by atoms with Crippen LogP contribution in [0.2, 0.25) is 0 Å². The molecule has 0 aromatic heterocycles. The van der Waals surface area contributed by atoms with Crippen LogP contribution in [0.15, 0.2) is 24.8 Å². The minimum absolute atomic E-state index is 0.218. The van der Waals surface area contributed by atoms with Crippen molar-refractivity contribution in [1.29, 1.82) is 0 Å². The fourth-order valence-electron chi connectivity index (χ4n) is 1.98. The van der Waals surface area contributed by atoms with Crippen LogP contribution in [0.25, 0.3) is 0 Å². The zero-order valence-electron chi connectivity index (χ0n) is 9.57. The highest BCUT2D eigenvalue weighted by Crippen LogP contribution is 2.32. The quantitative estimate of drug-likeness (QED) is 0.789. The Labute approximate surface area is 96.0 Å². The van der Waals surface area contributed by atoms with Crippen LogP contribution in [0.3, 0.4) is 0 Å². The number of phenolic OH excluding ortho intramolecular Hbond substituents is 1. The number of rotatable bonds is 3. The van der Waals surface area contributed by atoms with Crippen LogP contribution in [-0.2, 0) is 13.0 Å². The molecule has 3 nitrogen and oxygen atoms in total. The van der Waals surface area contributed by atoms with Gasteiger partial charge in [0, 0.05) is 13.1 Å². The average Bonchev–Trinajstić information content (AvgIpc) is 2.26. The number of hydrogen-bond donors (Lipinski definition) is 1. The molecular formula is C13H17NO2. The van der Waals surface area contributed by atoms with Gasteiger partial charge < -0.3 is 14.7 Å². The predicted molar refractivity (Wildman–Crippen MR) is 63.8 cm³/mol. The van der Waals surface area contributed by atoms with Crippen LogP contribution in [0.4, 0.5) is 0 Å².